The number of likely N-dealkylation sites (tertiary alicyclic amines) is 1. The number of benzene rings is 2. The number of nitrogens with zero attached hydrogens (tertiary/aromatic N) is 2. The van der Waals surface area contributed by atoms with Gasteiger partial charge in [0.1, 0.15) is 17.3 Å². The maximum atomic E-state index is 13.4. The van der Waals surface area contributed by atoms with Gasteiger partial charge in [-0.1, -0.05) is 35.5 Å². The quantitative estimate of drug-likeness (QED) is 0.658. The van der Waals surface area contributed by atoms with Gasteiger partial charge in [-0.15, -0.1) is 0 Å². The van der Waals surface area contributed by atoms with Crippen molar-refractivity contribution < 1.29 is 18.4 Å². The molecule has 4 rings (SSSR count). The van der Waals surface area contributed by atoms with E-state index in [1.54, 1.807) is 23.1 Å². The predicted octanol–water partition coefficient (Wildman–Crippen LogP) is 4.41. The van der Waals surface area contributed by atoms with E-state index in [9.17, 15) is 9.18 Å². The molecule has 3 aromatic rings. The van der Waals surface area contributed by atoms with E-state index in [0.29, 0.717) is 31.0 Å². The van der Waals surface area contributed by atoms with Crippen LogP contribution < -0.4 is 4.74 Å². The molecule has 2 heterocycles. The maximum Gasteiger partial charge on any atom is 0.292 e. The molecule has 1 amide bonds. The maximum absolute atomic E-state index is 13.4. The van der Waals surface area contributed by atoms with Crippen molar-refractivity contribution in [2.45, 2.75) is 12.8 Å². The van der Waals surface area contributed by atoms with Crippen molar-refractivity contribution >= 4 is 5.91 Å². The van der Waals surface area contributed by atoms with Crippen LogP contribution in [0.3, 0.4) is 0 Å². The minimum Gasteiger partial charge on any atom is -0.493 e. The number of rotatable bonds is 5. The van der Waals surface area contributed by atoms with Gasteiger partial charge in [0.15, 0.2) is 0 Å². The zero-order valence-corrected chi connectivity index (χ0v) is 15.4. The lowest BCUT2D eigenvalue weighted by Gasteiger charge is -2.32. The lowest BCUT2D eigenvalue weighted by atomic mass is 9.98. The third-order valence-electron chi connectivity index (χ3n) is 4.88. The molecule has 144 valence electrons. The lowest BCUT2D eigenvalue weighted by Crippen LogP contribution is -2.41. The van der Waals surface area contributed by atoms with Crippen molar-refractivity contribution in [2.24, 2.45) is 5.92 Å². The van der Waals surface area contributed by atoms with Crippen LogP contribution in [0.25, 0.3) is 11.3 Å². The van der Waals surface area contributed by atoms with Gasteiger partial charge >= 0.3 is 0 Å². The average Bonchev–Trinajstić information content (AvgIpc) is 3.23. The molecule has 6 heteroatoms. The molecule has 1 unspecified atom stereocenters. The molecule has 2 aromatic carbocycles. The molecule has 1 saturated heterocycles. The van der Waals surface area contributed by atoms with Crippen LogP contribution in [0.15, 0.2) is 65.2 Å². The summed E-state index contributed by atoms with van der Waals surface area (Å²) < 4.78 is 24.5. The van der Waals surface area contributed by atoms with Gasteiger partial charge in [0.25, 0.3) is 5.91 Å². The first-order valence-electron chi connectivity index (χ1n) is 9.39. The minimum atomic E-state index is -0.356. The zero-order chi connectivity index (χ0) is 19.3. The van der Waals surface area contributed by atoms with E-state index in [4.69, 9.17) is 9.26 Å². The summed E-state index contributed by atoms with van der Waals surface area (Å²) in [6.07, 6.45) is 1.93. The van der Waals surface area contributed by atoms with E-state index >= 15 is 0 Å². The van der Waals surface area contributed by atoms with Gasteiger partial charge in [0.2, 0.25) is 5.76 Å². The number of aromatic nitrogens is 1. The normalized spacial score (nSPS) is 16.8. The fourth-order valence-electron chi connectivity index (χ4n) is 3.43. The van der Waals surface area contributed by atoms with Gasteiger partial charge in [-0.05, 0) is 37.1 Å². The summed E-state index contributed by atoms with van der Waals surface area (Å²) in [5.41, 5.74) is 1.03. The van der Waals surface area contributed by atoms with Gasteiger partial charge in [-0.3, -0.25) is 4.79 Å². The van der Waals surface area contributed by atoms with Crippen molar-refractivity contribution in [1.29, 1.82) is 0 Å². The molecular formula is C22H21FN2O3. The fraction of sp³-hybridized carbons (Fsp3) is 0.273. The van der Waals surface area contributed by atoms with Gasteiger partial charge in [-0.2, -0.15) is 0 Å². The number of hydrogen-bond acceptors (Lipinski definition) is 4. The second-order valence-electron chi connectivity index (χ2n) is 6.97. The molecule has 0 saturated carbocycles. The molecule has 0 radical (unpaired) electrons. The fourth-order valence-corrected chi connectivity index (χ4v) is 3.43. The standard InChI is InChI=1S/C22H21FN2O3/c23-18-8-4-7-17(12-18)20-13-21(28-24-20)22(26)25-11-5-6-16(14-25)15-27-19-9-2-1-3-10-19/h1-4,7-10,12-13,16H,5-6,11,14-15H2. The summed E-state index contributed by atoms with van der Waals surface area (Å²) in [7, 11) is 0. The Bertz CT molecular complexity index is 942. The number of para-hydroxylation sites is 1. The van der Waals surface area contributed by atoms with Gasteiger partial charge < -0.3 is 14.2 Å². The van der Waals surface area contributed by atoms with Crippen LogP contribution in [0.5, 0.6) is 5.75 Å². The minimum absolute atomic E-state index is 0.170. The lowest BCUT2D eigenvalue weighted by molar-refractivity contribution is 0.0593. The third-order valence-corrected chi connectivity index (χ3v) is 4.88. The highest BCUT2D eigenvalue weighted by atomic mass is 19.1. The number of piperidine rings is 1. The molecule has 5 nitrogen and oxygen atoms in total. The highest BCUT2D eigenvalue weighted by molar-refractivity contribution is 5.92. The molecule has 0 aliphatic carbocycles. The smallest absolute Gasteiger partial charge is 0.292 e. The Kier molecular flexibility index (Phi) is 5.37. The summed E-state index contributed by atoms with van der Waals surface area (Å²) in [5.74, 6) is 0.721. The van der Waals surface area contributed by atoms with Crippen molar-refractivity contribution in [3.63, 3.8) is 0 Å². The Labute approximate surface area is 162 Å². The second-order valence-corrected chi connectivity index (χ2v) is 6.97. The highest BCUT2D eigenvalue weighted by Gasteiger charge is 2.27. The van der Waals surface area contributed by atoms with Gasteiger partial charge in [-0.25, -0.2) is 4.39 Å². The van der Waals surface area contributed by atoms with Gasteiger partial charge in [0.05, 0.1) is 6.61 Å². The molecule has 1 atom stereocenters. The first-order chi connectivity index (χ1) is 13.7. The number of amides is 1. The van der Waals surface area contributed by atoms with Crippen molar-refractivity contribution in [2.75, 3.05) is 19.7 Å². The Morgan fingerprint density at radius 3 is 2.86 bits per heavy atom. The Balaban J connectivity index is 1.39. The average molecular weight is 380 g/mol. The third kappa shape index (κ3) is 4.22. The van der Waals surface area contributed by atoms with Crippen LogP contribution in [0.2, 0.25) is 0 Å². The zero-order valence-electron chi connectivity index (χ0n) is 15.4. The van der Waals surface area contributed by atoms with E-state index in [1.165, 1.54) is 12.1 Å². The summed E-state index contributed by atoms with van der Waals surface area (Å²) in [6, 6.07) is 17.3. The van der Waals surface area contributed by atoms with Crippen LogP contribution >= 0.6 is 0 Å². The molecule has 1 fully saturated rings. The predicted molar refractivity (Wildman–Crippen MR) is 102 cm³/mol. The van der Waals surface area contributed by atoms with E-state index in [0.717, 1.165) is 18.6 Å². The van der Waals surface area contributed by atoms with Crippen molar-refractivity contribution in [1.82, 2.24) is 10.1 Å². The Hall–Kier alpha value is -3.15. The molecule has 1 aliphatic heterocycles. The number of ether oxygens (including phenoxy) is 1. The SMILES string of the molecule is O=C(c1cc(-c2cccc(F)c2)no1)N1CCCC(COc2ccccc2)C1. The number of carbonyl (C=O) groups excluding carboxylic acids is 1. The van der Waals surface area contributed by atoms with Crippen LogP contribution in [0.4, 0.5) is 4.39 Å². The first kappa shape index (κ1) is 18.2. The van der Waals surface area contributed by atoms with E-state index in [2.05, 4.69) is 5.16 Å². The summed E-state index contributed by atoms with van der Waals surface area (Å²) in [6.45, 7) is 1.86. The molecule has 28 heavy (non-hydrogen) atoms. The van der Waals surface area contributed by atoms with Crippen molar-refractivity contribution in [3.05, 3.63) is 72.2 Å². The topological polar surface area (TPSA) is 55.6 Å². The Morgan fingerprint density at radius 1 is 1.18 bits per heavy atom. The molecule has 0 N–H and O–H groups in total. The first-order valence-corrected chi connectivity index (χ1v) is 9.39. The van der Waals surface area contributed by atoms with Crippen LogP contribution in [-0.4, -0.2) is 35.7 Å². The Morgan fingerprint density at radius 2 is 2.04 bits per heavy atom. The van der Waals surface area contributed by atoms with Crippen molar-refractivity contribution in [3.8, 4) is 17.0 Å². The molecule has 1 aromatic heterocycles. The summed E-state index contributed by atoms with van der Waals surface area (Å²) in [4.78, 5) is 14.6. The van der Waals surface area contributed by atoms with E-state index < -0.39 is 0 Å². The van der Waals surface area contributed by atoms with Gasteiger partial charge in [0, 0.05) is 30.6 Å². The monoisotopic (exact) mass is 380 g/mol. The van der Waals surface area contributed by atoms with Crippen LogP contribution in [0, 0.1) is 11.7 Å². The largest absolute Gasteiger partial charge is 0.493 e. The molecular weight excluding hydrogens is 359 g/mol. The molecule has 0 spiro atoms. The summed E-state index contributed by atoms with van der Waals surface area (Å²) in [5, 5.41) is 3.92. The molecule has 1 aliphatic rings. The van der Waals surface area contributed by atoms with E-state index in [-0.39, 0.29) is 23.4 Å². The van der Waals surface area contributed by atoms with E-state index in [1.807, 2.05) is 30.3 Å². The van der Waals surface area contributed by atoms with Crippen LogP contribution in [-0.2, 0) is 0 Å². The highest BCUT2D eigenvalue weighted by Crippen LogP contribution is 2.23. The molecule has 0 bridgehead atoms. The number of halogens is 1. The second kappa shape index (κ2) is 8.25. The van der Waals surface area contributed by atoms with Crippen LogP contribution in [0.1, 0.15) is 23.4 Å². The number of hydrogen-bond donors (Lipinski definition) is 0. The summed E-state index contributed by atoms with van der Waals surface area (Å²) >= 11 is 0. The number of carbonyl (C=O) groups is 1.